The second kappa shape index (κ2) is 15.2. The van der Waals surface area contributed by atoms with Gasteiger partial charge in [-0.25, -0.2) is 0 Å². The third-order valence-electron chi connectivity index (χ3n) is 12.7. The van der Waals surface area contributed by atoms with Gasteiger partial charge in [0.15, 0.2) is 5.60 Å². The molecule has 4 aliphatic rings. The van der Waals surface area contributed by atoms with Gasteiger partial charge in [-0.2, -0.15) is 0 Å². The van der Waals surface area contributed by atoms with Gasteiger partial charge in [-0.15, -0.1) is 0 Å². The number of β-lactam (4-membered cyclic amide) rings is 2. The molecule has 3 saturated heterocycles. The molecule has 4 aromatic carbocycles. The zero-order chi connectivity index (χ0) is 40.1. The predicted octanol–water partition coefficient (Wildman–Crippen LogP) is 5.34. The summed E-state index contributed by atoms with van der Waals surface area (Å²) in [6.45, 7) is 8.54. The van der Waals surface area contributed by atoms with Crippen LogP contribution in [0.4, 0.5) is 17.1 Å². The number of hydrogen-bond acceptors (Lipinski definition) is 7. The Morgan fingerprint density at radius 1 is 0.877 bits per heavy atom. The molecule has 11 nitrogen and oxygen atoms in total. The van der Waals surface area contributed by atoms with Crippen molar-refractivity contribution in [2.75, 3.05) is 48.1 Å². The van der Waals surface area contributed by atoms with Gasteiger partial charge in [0, 0.05) is 61.9 Å². The Morgan fingerprint density at radius 2 is 1.53 bits per heavy atom. The van der Waals surface area contributed by atoms with Crippen molar-refractivity contribution >= 4 is 54.0 Å². The Morgan fingerprint density at radius 3 is 2.12 bits per heavy atom. The third kappa shape index (κ3) is 6.73. The van der Waals surface area contributed by atoms with Gasteiger partial charge in [0.05, 0.1) is 46.5 Å². The van der Waals surface area contributed by atoms with Crippen LogP contribution in [-0.2, 0) is 42.6 Å². The fraction of sp³-hybridized carbons (Fsp3) is 0.378. The van der Waals surface area contributed by atoms with Crippen molar-refractivity contribution in [2.45, 2.75) is 69.6 Å². The van der Waals surface area contributed by atoms with E-state index in [4.69, 9.17) is 9.47 Å². The summed E-state index contributed by atoms with van der Waals surface area (Å²) < 4.78 is 12.8. The van der Waals surface area contributed by atoms with Crippen molar-refractivity contribution in [2.24, 2.45) is 5.92 Å². The maximum Gasteiger partial charge on any atom is 0.264 e. The van der Waals surface area contributed by atoms with Crippen LogP contribution < -0.4 is 24.6 Å². The monoisotopic (exact) mass is 786 g/mol. The fourth-order valence-electron chi connectivity index (χ4n) is 9.48. The summed E-state index contributed by atoms with van der Waals surface area (Å²) in [5.74, 6) is 0.155. The van der Waals surface area contributed by atoms with E-state index in [0.717, 1.165) is 33.4 Å². The van der Waals surface area contributed by atoms with Crippen LogP contribution in [0.25, 0.3) is 0 Å². The van der Waals surface area contributed by atoms with Crippen LogP contribution >= 0.6 is 0 Å². The SMILES string of the molecule is COc1ccc([Si](C)(C)[C@@H]2[C@@H](CC(=O)N(CCO)Cc3ccccc3)O[C@]3(C(=O)N(Cc4ccc(N5CCC5=O)cc4)c4ccc(N5CCC5=O)cc43)[C@H]2C)cc1. The number of nitrogens with zero attached hydrogens (tertiary/aromatic N) is 4. The Kier molecular flexibility index (Phi) is 10.3. The van der Waals surface area contributed by atoms with Crippen LogP contribution in [0.15, 0.2) is 97.1 Å². The van der Waals surface area contributed by atoms with Crippen molar-refractivity contribution in [3.05, 3.63) is 114 Å². The van der Waals surface area contributed by atoms with Gasteiger partial charge in [0.2, 0.25) is 17.7 Å². The number of carbonyl (C=O) groups excluding carboxylic acids is 4. The zero-order valence-electron chi connectivity index (χ0n) is 33.0. The van der Waals surface area contributed by atoms with E-state index in [9.17, 15) is 19.5 Å². The molecule has 0 saturated carbocycles. The number of benzene rings is 4. The highest BCUT2D eigenvalue weighted by atomic mass is 28.3. The first-order valence-electron chi connectivity index (χ1n) is 19.9. The van der Waals surface area contributed by atoms with Crippen molar-refractivity contribution in [1.29, 1.82) is 0 Å². The minimum absolute atomic E-state index is 0.0276. The standard InChI is InChI=1S/C45H50N4O7Si/c1-30-43(57(3,4)36-17-15-35(55-2)16-18-36)39(27-42(53)46(24-25-50)28-31-8-6-5-7-9-31)56-45(30)37-26-34(48-23-21-41(48)52)14-19-38(37)49(44(45)54)29-32-10-12-33(13-11-32)47-22-20-40(47)51/h5-19,26,30,39,43,50H,20-25,27-29H2,1-4H3/t30-,39+,43-,45+/m0/s1. The number of hydrogen-bond donors (Lipinski definition) is 1. The van der Waals surface area contributed by atoms with Gasteiger partial charge in [-0.05, 0) is 59.1 Å². The summed E-state index contributed by atoms with van der Waals surface area (Å²) in [6, 6.07) is 31.4. The number of carbonyl (C=O) groups is 4. The van der Waals surface area contributed by atoms with E-state index in [1.807, 2.05) is 84.9 Å². The van der Waals surface area contributed by atoms with Crippen LogP contribution in [0.5, 0.6) is 5.75 Å². The molecule has 0 aromatic heterocycles. The third-order valence-corrected chi connectivity index (χ3v) is 17.1. The largest absolute Gasteiger partial charge is 0.497 e. The average Bonchev–Trinajstić information content (AvgIpc) is 3.63. The number of fused-ring (bicyclic) bond motifs is 2. The average molecular weight is 787 g/mol. The second-order valence-corrected chi connectivity index (χ2v) is 20.9. The first-order chi connectivity index (χ1) is 27.5. The summed E-state index contributed by atoms with van der Waals surface area (Å²) in [4.78, 5) is 61.7. The minimum Gasteiger partial charge on any atom is -0.497 e. The van der Waals surface area contributed by atoms with Gasteiger partial charge in [0.1, 0.15) is 5.75 Å². The summed E-state index contributed by atoms with van der Waals surface area (Å²) in [7, 11) is -0.933. The van der Waals surface area contributed by atoms with Gasteiger partial charge in [-0.3, -0.25) is 19.2 Å². The molecule has 4 amide bonds. The lowest BCUT2D eigenvalue weighted by Gasteiger charge is -2.37. The lowest BCUT2D eigenvalue weighted by Crippen LogP contribution is -2.52. The number of aliphatic hydroxyl groups is 1. The maximum absolute atomic E-state index is 15.4. The molecule has 1 N–H and O–H groups in total. The number of ether oxygens (including phenoxy) is 2. The highest BCUT2D eigenvalue weighted by Gasteiger charge is 2.66. The Hall–Kier alpha value is -5.30. The van der Waals surface area contributed by atoms with Crippen molar-refractivity contribution in [3.63, 3.8) is 0 Å². The first-order valence-corrected chi connectivity index (χ1v) is 22.9. The summed E-state index contributed by atoms with van der Waals surface area (Å²) >= 11 is 0. The molecule has 0 aliphatic carbocycles. The van der Waals surface area contributed by atoms with E-state index in [1.54, 1.807) is 26.7 Å². The smallest absolute Gasteiger partial charge is 0.264 e. The molecule has 296 valence electrons. The molecule has 4 aliphatic heterocycles. The number of amides is 4. The molecule has 0 unspecified atom stereocenters. The lowest BCUT2D eigenvalue weighted by molar-refractivity contribution is -0.150. The quantitative estimate of drug-likeness (QED) is 0.144. The molecule has 12 heteroatoms. The van der Waals surface area contributed by atoms with E-state index >= 15 is 4.79 Å². The number of methoxy groups -OCH3 is 1. The number of anilines is 3. The molecule has 8 rings (SSSR count). The summed E-state index contributed by atoms with van der Waals surface area (Å²) in [6.07, 6.45) is 0.414. The molecule has 4 atom stereocenters. The van der Waals surface area contributed by atoms with Crippen LogP contribution in [0, 0.1) is 5.92 Å². The molecule has 4 aromatic rings. The Bertz CT molecular complexity index is 2180. The van der Waals surface area contributed by atoms with Crippen LogP contribution in [0.1, 0.15) is 42.9 Å². The maximum atomic E-state index is 15.4. The minimum atomic E-state index is -2.57. The van der Waals surface area contributed by atoms with Gasteiger partial charge in [-0.1, -0.05) is 79.8 Å². The van der Waals surface area contributed by atoms with Gasteiger partial charge >= 0.3 is 0 Å². The molecule has 1 spiro atoms. The number of rotatable bonds is 13. The van der Waals surface area contributed by atoms with Crippen molar-refractivity contribution < 1.29 is 33.8 Å². The summed E-state index contributed by atoms with van der Waals surface area (Å²) in [5.41, 5.74) is 3.19. The summed E-state index contributed by atoms with van der Waals surface area (Å²) in [5, 5.41) is 11.2. The van der Waals surface area contributed by atoms with Crippen LogP contribution in [-0.4, -0.2) is 81.2 Å². The fourth-order valence-corrected chi connectivity index (χ4v) is 13.5. The predicted molar refractivity (Wildman–Crippen MR) is 221 cm³/mol. The zero-order valence-corrected chi connectivity index (χ0v) is 34.0. The molecular formula is C45H50N4O7Si. The van der Waals surface area contributed by atoms with Crippen molar-refractivity contribution in [3.8, 4) is 5.75 Å². The highest BCUT2D eigenvalue weighted by Crippen LogP contribution is 2.60. The highest BCUT2D eigenvalue weighted by molar-refractivity contribution is 6.91. The topological polar surface area (TPSA) is 120 Å². The molecule has 57 heavy (non-hydrogen) atoms. The Labute approximate surface area is 334 Å². The molecule has 4 heterocycles. The van der Waals surface area contributed by atoms with E-state index in [0.29, 0.717) is 43.7 Å². The first kappa shape index (κ1) is 38.6. The number of aliphatic hydroxyl groups excluding tert-OH is 1. The van der Waals surface area contributed by atoms with Crippen LogP contribution in [0.2, 0.25) is 18.6 Å². The molecule has 0 bridgehead atoms. The van der Waals surface area contributed by atoms with E-state index < -0.39 is 19.8 Å². The van der Waals surface area contributed by atoms with Gasteiger partial charge in [0.25, 0.3) is 5.91 Å². The van der Waals surface area contributed by atoms with Crippen LogP contribution in [0.3, 0.4) is 0 Å². The molecule has 0 radical (unpaired) electrons. The Balaban J connectivity index is 1.20. The lowest BCUT2D eigenvalue weighted by atomic mass is 9.82. The molecule has 3 fully saturated rings. The van der Waals surface area contributed by atoms with Crippen molar-refractivity contribution in [1.82, 2.24) is 4.90 Å². The van der Waals surface area contributed by atoms with E-state index in [1.165, 1.54) is 0 Å². The second-order valence-electron chi connectivity index (χ2n) is 16.2. The van der Waals surface area contributed by atoms with E-state index in [-0.39, 0.29) is 61.2 Å². The van der Waals surface area contributed by atoms with E-state index in [2.05, 4.69) is 32.2 Å². The normalized spacial score (nSPS) is 22.8. The van der Waals surface area contributed by atoms with Gasteiger partial charge < -0.3 is 34.2 Å². The molecular weight excluding hydrogens is 737 g/mol.